The maximum atomic E-state index is 11.8. The van der Waals surface area contributed by atoms with Crippen molar-refractivity contribution >= 4 is 23.5 Å². The molecule has 0 spiro atoms. The van der Waals surface area contributed by atoms with E-state index in [9.17, 15) is 34.8 Å². The molecule has 5 N–H and O–H groups in total. The Morgan fingerprint density at radius 1 is 1.17 bits per heavy atom. The predicted octanol–water partition coefficient (Wildman–Crippen LogP) is -0.426. The van der Waals surface area contributed by atoms with Crippen LogP contribution in [0.15, 0.2) is 18.2 Å². The fourth-order valence-corrected chi connectivity index (χ4v) is 2.62. The average Bonchev–Trinajstić information content (AvgIpc) is 2.65. The molecule has 0 aromatic heterocycles. The maximum absolute atomic E-state index is 11.8. The number of carboxylic acids is 1. The highest BCUT2D eigenvalue weighted by Crippen LogP contribution is 2.33. The largest absolute Gasteiger partial charge is 0.481 e. The van der Waals surface area contributed by atoms with Gasteiger partial charge in [-0.25, -0.2) is 0 Å². The van der Waals surface area contributed by atoms with E-state index in [0.29, 0.717) is 5.56 Å². The first kappa shape index (κ1) is 22.6. The molecule has 1 aliphatic heterocycles. The molecule has 1 heterocycles. The van der Waals surface area contributed by atoms with E-state index in [1.807, 2.05) is 0 Å². The topological polar surface area (TPSA) is 172 Å². The quantitative estimate of drug-likeness (QED) is 0.369. The normalized spacial score (nSPS) is 26.4. The standard InChI is InChI=1S/C18H23NO10/c1-3-12(21)19-10-6-9(7-27-8(2)20)4-5-11(10)28-18-13(16(24)25)14(22)15(23)17(26)29-18/h4-6,13-15,17-18,22-23,26H,3,7H2,1-2H3,(H,19,21)(H,24,25). The summed E-state index contributed by atoms with van der Waals surface area (Å²) in [5, 5.41) is 41.2. The Morgan fingerprint density at radius 3 is 2.45 bits per heavy atom. The van der Waals surface area contributed by atoms with Crippen molar-refractivity contribution in [2.45, 2.75) is 51.7 Å². The van der Waals surface area contributed by atoms with Crippen LogP contribution in [0.1, 0.15) is 25.8 Å². The van der Waals surface area contributed by atoms with Crippen molar-refractivity contribution in [3.63, 3.8) is 0 Å². The molecule has 0 radical (unpaired) electrons. The summed E-state index contributed by atoms with van der Waals surface area (Å²) in [5.74, 6) is -4.09. The Hall–Kier alpha value is -2.73. The predicted molar refractivity (Wildman–Crippen MR) is 95.5 cm³/mol. The Bertz CT molecular complexity index is 767. The zero-order chi connectivity index (χ0) is 21.7. The summed E-state index contributed by atoms with van der Waals surface area (Å²) in [6.07, 6.45) is -7.06. The minimum atomic E-state index is -1.87. The number of aliphatic hydroxyl groups excluding tert-OH is 3. The van der Waals surface area contributed by atoms with Gasteiger partial charge in [0.1, 0.15) is 30.5 Å². The zero-order valence-corrected chi connectivity index (χ0v) is 15.8. The minimum absolute atomic E-state index is 0.00888. The third-order valence-electron chi connectivity index (χ3n) is 4.19. The van der Waals surface area contributed by atoms with Crippen molar-refractivity contribution in [3.05, 3.63) is 23.8 Å². The molecule has 160 valence electrons. The van der Waals surface area contributed by atoms with E-state index < -0.39 is 42.6 Å². The van der Waals surface area contributed by atoms with Gasteiger partial charge in [0.15, 0.2) is 6.29 Å². The van der Waals surface area contributed by atoms with Gasteiger partial charge in [-0.05, 0) is 17.7 Å². The van der Waals surface area contributed by atoms with Crippen molar-refractivity contribution in [3.8, 4) is 5.75 Å². The van der Waals surface area contributed by atoms with E-state index in [1.165, 1.54) is 25.1 Å². The number of aliphatic carboxylic acids is 1. The maximum Gasteiger partial charge on any atom is 0.315 e. The molecule has 0 aliphatic carbocycles. The van der Waals surface area contributed by atoms with E-state index in [0.717, 1.165) is 0 Å². The van der Waals surface area contributed by atoms with Gasteiger partial charge in [0.05, 0.1) is 5.69 Å². The van der Waals surface area contributed by atoms with Crippen LogP contribution in [0.5, 0.6) is 5.75 Å². The first-order chi connectivity index (χ1) is 13.6. The molecule has 5 atom stereocenters. The van der Waals surface area contributed by atoms with Gasteiger partial charge in [0, 0.05) is 13.3 Å². The lowest BCUT2D eigenvalue weighted by atomic mass is 9.94. The Morgan fingerprint density at radius 2 is 1.86 bits per heavy atom. The van der Waals surface area contributed by atoms with E-state index in [2.05, 4.69) is 5.32 Å². The molecule has 1 aromatic rings. The number of esters is 1. The number of amides is 1. The molecule has 11 heteroatoms. The Balaban J connectivity index is 2.32. The number of hydrogen-bond donors (Lipinski definition) is 5. The number of benzene rings is 1. The van der Waals surface area contributed by atoms with Gasteiger partial charge in [-0.2, -0.15) is 0 Å². The van der Waals surface area contributed by atoms with E-state index in [-0.39, 0.29) is 30.4 Å². The smallest absolute Gasteiger partial charge is 0.315 e. The molecular weight excluding hydrogens is 390 g/mol. The second kappa shape index (κ2) is 9.65. The number of carboxylic acid groups (broad SMARTS) is 1. The van der Waals surface area contributed by atoms with Crippen LogP contribution in [0.4, 0.5) is 5.69 Å². The lowest BCUT2D eigenvalue weighted by molar-refractivity contribution is -0.306. The van der Waals surface area contributed by atoms with Crippen molar-refractivity contribution < 1.29 is 49.0 Å². The second-order valence-corrected chi connectivity index (χ2v) is 6.37. The minimum Gasteiger partial charge on any atom is -0.481 e. The molecule has 0 bridgehead atoms. The lowest BCUT2D eigenvalue weighted by Gasteiger charge is -2.38. The number of ether oxygens (including phenoxy) is 3. The Kier molecular flexibility index (Phi) is 7.51. The highest BCUT2D eigenvalue weighted by atomic mass is 16.7. The fourth-order valence-electron chi connectivity index (χ4n) is 2.62. The highest BCUT2D eigenvalue weighted by molar-refractivity contribution is 5.92. The molecule has 1 aliphatic rings. The number of aliphatic hydroxyl groups is 3. The van der Waals surface area contributed by atoms with Gasteiger partial charge >= 0.3 is 11.9 Å². The van der Waals surface area contributed by atoms with Crippen LogP contribution in [0.2, 0.25) is 0 Å². The molecule has 5 unspecified atom stereocenters. The fraction of sp³-hybridized carbons (Fsp3) is 0.500. The number of carbonyl (C=O) groups is 3. The highest BCUT2D eigenvalue weighted by Gasteiger charge is 2.49. The van der Waals surface area contributed by atoms with Crippen molar-refractivity contribution in [2.24, 2.45) is 5.92 Å². The summed E-state index contributed by atoms with van der Waals surface area (Å²) in [6.45, 7) is 2.80. The van der Waals surface area contributed by atoms with Crippen LogP contribution in [0, 0.1) is 5.92 Å². The van der Waals surface area contributed by atoms with E-state index >= 15 is 0 Å². The first-order valence-electron chi connectivity index (χ1n) is 8.79. The number of rotatable bonds is 7. The number of nitrogens with one attached hydrogen (secondary N) is 1. The molecule has 1 saturated heterocycles. The summed E-state index contributed by atoms with van der Waals surface area (Å²) in [5.41, 5.74) is 0.665. The molecule has 1 fully saturated rings. The molecule has 11 nitrogen and oxygen atoms in total. The van der Waals surface area contributed by atoms with Crippen LogP contribution in [-0.4, -0.2) is 63.1 Å². The van der Waals surface area contributed by atoms with Crippen LogP contribution < -0.4 is 10.1 Å². The van der Waals surface area contributed by atoms with Crippen LogP contribution >= 0.6 is 0 Å². The van der Waals surface area contributed by atoms with Crippen molar-refractivity contribution in [1.29, 1.82) is 0 Å². The third-order valence-corrected chi connectivity index (χ3v) is 4.19. The molecule has 1 amide bonds. The van der Waals surface area contributed by atoms with Gasteiger partial charge in [-0.1, -0.05) is 13.0 Å². The monoisotopic (exact) mass is 413 g/mol. The van der Waals surface area contributed by atoms with E-state index in [1.54, 1.807) is 6.92 Å². The molecular formula is C18H23NO10. The average molecular weight is 413 g/mol. The number of anilines is 1. The molecule has 29 heavy (non-hydrogen) atoms. The van der Waals surface area contributed by atoms with Crippen LogP contribution in [0.3, 0.4) is 0 Å². The van der Waals surface area contributed by atoms with Crippen molar-refractivity contribution in [2.75, 3.05) is 5.32 Å². The summed E-state index contributed by atoms with van der Waals surface area (Å²) in [4.78, 5) is 34.3. The molecule has 2 rings (SSSR count). The molecule has 1 aromatic carbocycles. The van der Waals surface area contributed by atoms with Gasteiger partial charge in [-0.15, -0.1) is 0 Å². The third kappa shape index (κ3) is 5.64. The lowest BCUT2D eigenvalue weighted by Crippen LogP contribution is -2.58. The molecule has 0 saturated carbocycles. The van der Waals surface area contributed by atoms with Crippen molar-refractivity contribution in [1.82, 2.24) is 0 Å². The zero-order valence-electron chi connectivity index (χ0n) is 15.8. The number of hydrogen-bond acceptors (Lipinski definition) is 9. The summed E-state index contributed by atoms with van der Waals surface area (Å²) < 4.78 is 15.4. The SMILES string of the molecule is CCC(=O)Nc1cc(COC(C)=O)ccc1OC1OC(O)C(O)C(O)C1C(=O)O. The summed E-state index contributed by atoms with van der Waals surface area (Å²) >= 11 is 0. The first-order valence-corrected chi connectivity index (χ1v) is 8.79. The Labute approximate surface area is 165 Å². The van der Waals surface area contributed by atoms with Crippen LogP contribution in [-0.2, 0) is 30.5 Å². The van der Waals surface area contributed by atoms with Gasteiger partial charge in [0.25, 0.3) is 0 Å². The van der Waals surface area contributed by atoms with Crippen LogP contribution in [0.25, 0.3) is 0 Å². The van der Waals surface area contributed by atoms with Gasteiger partial charge in [-0.3, -0.25) is 14.4 Å². The number of carbonyl (C=O) groups excluding carboxylic acids is 2. The van der Waals surface area contributed by atoms with E-state index in [4.69, 9.17) is 14.2 Å². The van der Waals surface area contributed by atoms with Gasteiger partial charge in [0.2, 0.25) is 12.2 Å². The summed E-state index contributed by atoms with van der Waals surface area (Å²) in [6, 6.07) is 4.36. The van der Waals surface area contributed by atoms with Gasteiger partial charge < -0.3 is 40.0 Å². The summed E-state index contributed by atoms with van der Waals surface area (Å²) in [7, 11) is 0. The second-order valence-electron chi connectivity index (χ2n) is 6.37.